The molecule has 2 aliphatic carbocycles. The Morgan fingerprint density at radius 3 is 2.14 bits per heavy atom. The van der Waals surface area contributed by atoms with E-state index in [9.17, 15) is 24.0 Å². The van der Waals surface area contributed by atoms with Gasteiger partial charge in [-0.25, -0.2) is 9.59 Å². The molecule has 4 rings (SSSR count). The standard InChI is InChI=1S/C24H26Br2N2O7/c1-3-8-34-24(33)12-4-6-13(7-5-12)27-16(29)10-35-23(32)11(2)28-21(30)17-14-9-15(18(17)22(28)31)20(26)19(14)25/h4-7,11,14-15,17-20H,3,8-10H2,1-2H3,(H,27,29)/t11-,14+,15+,17-,18+,19-,20+/m0/s1. The summed E-state index contributed by atoms with van der Waals surface area (Å²) < 4.78 is 10.1. The number of nitrogens with one attached hydrogen (secondary N) is 1. The summed E-state index contributed by atoms with van der Waals surface area (Å²) in [7, 11) is 0. The number of fused-ring (bicyclic) bond motifs is 5. The zero-order chi connectivity index (χ0) is 25.4. The van der Waals surface area contributed by atoms with Crippen molar-refractivity contribution in [2.45, 2.75) is 42.4 Å². The summed E-state index contributed by atoms with van der Waals surface area (Å²) in [6.45, 7) is 3.08. The van der Waals surface area contributed by atoms with Crippen molar-refractivity contribution < 1.29 is 33.4 Å². The molecule has 3 amide bonds. The van der Waals surface area contributed by atoms with Gasteiger partial charge in [0.1, 0.15) is 6.04 Å². The molecule has 35 heavy (non-hydrogen) atoms. The van der Waals surface area contributed by atoms with Crippen molar-refractivity contribution >= 4 is 67.2 Å². The number of carbonyl (C=O) groups excluding carboxylic acids is 5. The third kappa shape index (κ3) is 4.76. The zero-order valence-corrected chi connectivity index (χ0v) is 22.4. The molecule has 11 heteroatoms. The van der Waals surface area contributed by atoms with Gasteiger partial charge in [0.15, 0.2) is 6.61 Å². The number of hydrogen-bond donors (Lipinski definition) is 1. The van der Waals surface area contributed by atoms with Crippen molar-refractivity contribution in [3.63, 3.8) is 0 Å². The van der Waals surface area contributed by atoms with E-state index in [1.165, 1.54) is 31.2 Å². The molecule has 9 nitrogen and oxygen atoms in total. The molecule has 7 atom stereocenters. The maximum atomic E-state index is 13.0. The highest BCUT2D eigenvalue weighted by Crippen LogP contribution is 2.60. The van der Waals surface area contributed by atoms with Gasteiger partial charge in [0.25, 0.3) is 5.91 Å². The van der Waals surface area contributed by atoms with Gasteiger partial charge in [-0.05, 0) is 55.9 Å². The van der Waals surface area contributed by atoms with Crippen molar-refractivity contribution in [3.05, 3.63) is 29.8 Å². The Morgan fingerprint density at radius 2 is 1.60 bits per heavy atom. The number of hydrogen-bond acceptors (Lipinski definition) is 7. The number of benzene rings is 1. The van der Waals surface area contributed by atoms with E-state index in [-0.39, 0.29) is 33.3 Å². The fourth-order valence-electron chi connectivity index (χ4n) is 5.28. The molecular formula is C24H26Br2N2O7. The van der Waals surface area contributed by atoms with Gasteiger partial charge < -0.3 is 14.8 Å². The van der Waals surface area contributed by atoms with Crippen LogP contribution in [0.2, 0.25) is 0 Å². The van der Waals surface area contributed by atoms with E-state index in [0.717, 1.165) is 11.3 Å². The average Bonchev–Trinajstić information content (AvgIpc) is 3.45. The topological polar surface area (TPSA) is 119 Å². The van der Waals surface area contributed by atoms with Gasteiger partial charge >= 0.3 is 11.9 Å². The predicted octanol–water partition coefficient (Wildman–Crippen LogP) is 2.90. The number of imide groups is 1. The Balaban J connectivity index is 1.29. The predicted molar refractivity (Wildman–Crippen MR) is 132 cm³/mol. The number of ether oxygens (including phenoxy) is 2. The van der Waals surface area contributed by atoms with Gasteiger partial charge in [-0.15, -0.1) is 0 Å². The molecule has 1 heterocycles. The van der Waals surface area contributed by atoms with Crippen LogP contribution in [0.15, 0.2) is 24.3 Å². The minimum absolute atomic E-state index is 0.0460. The molecule has 1 aromatic rings. The largest absolute Gasteiger partial charge is 0.462 e. The molecule has 1 N–H and O–H groups in total. The highest BCUT2D eigenvalue weighted by atomic mass is 79.9. The molecule has 1 saturated heterocycles. The van der Waals surface area contributed by atoms with Crippen LogP contribution in [-0.2, 0) is 28.7 Å². The SMILES string of the molecule is CCCOC(=O)c1ccc(NC(=O)COC(=O)[C@H](C)N2C(=O)[C@@H]3[C@H]4C[C@@H]([C@H](Br)[C@@H]4Br)[C@@H]3C2=O)cc1. The highest BCUT2D eigenvalue weighted by Gasteiger charge is 2.67. The molecule has 1 aliphatic heterocycles. The second kappa shape index (κ2) is 10.4. The molecule has 0 spiro atoms. The van der Waals surface area contributed by atoms with Crippen LogP contribution < -0.4 is 5.32 Å². The minimum atomic E-state index is -1.12. The Bertz CT molecular complexity index is 1010. The Labute approximate surface area is 219 Å². The second-order valence-electron chi connectivity index (χ2n) is 9.10. The fraction of sp³-hybridized carbons (Fsp3) is 0.542. The van der Waals surface area contributed by atoms with E-state index in [4.69, 9.17) is 9.47 Å². The number of nitrogens with zero attached hydrogens (tertiary/aromatic N) is 1. The van der Waals surface area contributed by atoms with Crippen LogP contribution in [-0.4, -0.2) is 63.5 Å². The van der Waals surface area contributed by atoms with E-state index >= 15 is 0 Å². The molecule has 2 bridgehead atoms. The van der Waals surface area contributed by atoms with Crippen LogP contribution >= 0.6 is 31.9 Å². The maximum absolute atomic E-state index is 13.0. The second-order valence-corrected chi connectivity index (χ2v) is 11.2. The molecule has 2 saturated carbocycles. The monoisotopic (exact) mass is 612 g/mol. The number of esters is 2. The molecule has 0 unspecified atom stereocenters. The van der Waals surface area contributed by atoms with Crippen molar-refractivity contribution in [2.24, 2.45) is 23.7 Å². The lowest BCUT2D eigenvalue weighted by atomic mass is 9.81. The van der Waals surface area contributed by atoms with E-state index in [2.05, 4.69) is 37.2 Å². The molecule has 3 aliphatic rings. The van der Waals surface area contributed by atoms with Gasteiger partial charge in [-0.2, -0.15) is 0 Å². The number of amides is 3. The van der Waals surface area contributed by atoms with Gasteiger partial charge in [0, 0.05) is 15.3 Å². The number of alkyl halides is 2. The number of anilines is 1. The van der Waals surface area contributed by atoms with Crippen molar-refractivity contribution in [3.8, 4) is 0 Å². The fourth-order valence-corrected chi connectivity index (χ4v) is 7.15. The first kappa shape index (κ1) is 25.8. The Morgan fingerprint density at radius 1 is 1.03 bits per heavy atom. The number of carbonyl (C=O) groups is 5. The van der Waals surface area contributed by atoms with E-state index < -0.39 is 42.3 Å². The highest BCUT2D eigenvalue weighted by molar-refractivity contribution is 9.12. The average molecular weight is 614 g/mol. The zero-order valence-electron chi connectivity index (χ0n) is 19.2. The minimum Gasteiger partial charge on any atom is -0.462 e. The Kier molecular flexibility index (Phi) is 7.65. The molecule has 0 aromatic heterocycles. The summed E-state index contributed by atoms with van der Waals surface area (Å²) in [5.41, 5.74) is 0.764. The summed E-state index contributed by atoms with van der Waals surface area (Å²) in [6.07, 6.45) is 1.51. The van der Waals surface area contributed by atoms with E-state index in [1.54, 1.807) is 0 Å². The summed E-state index contributed by atoms with van der Waals surface area (Å²) in [6, 6.07) is 4.99. The van der Waals surface area contributed by atoms with Gasteiger partial charge in [-0.1, -0.05) is 38.8 Å². The lowest BCUT2D eigenvalue weighted by molar-refractivity contribution is -0.159. The molecule has 3 fully saturated rings. The first-order chi connectivity index (χ1) is 16.6. The van der Waals surface area contributed by atoms with Gasteiger partial charge in [0.2, 0.25) is 11.8 Å². The normalized spacial score (nSPS) is 29.7. The van der Waals surface area contributed by atoms with Crippen LogP contribution in [0.4, 0.5) is 5.69 Å². The summed E-state index contributed by atoms with van der Waals surface area (Å²) in [5, 5.41) is 2.57. The van der Waals surface area contributed by atoms with E-state index in [0.29, 0.717) is 24.3 Å². The molecule has 188 valence electrons. The first-order valence-electron chi connectivity index (χ1n) is 11.5. The smallest absolute Gasteiger partial charge is 0.338 e. The maximum Gasteiger partial charge on any atom is 0.338 e. The van der Waals surface area contributed by atoms with Crippen molar-refractivity contribution in [1.29, 1.82) is 0 Å². The van der Waals surface area contributed by atoms with Crippen LogP contribution in [0.5, 0.6) is 0 Å². The Hall–Kier alpha value is -2.27. The van der Waals surface area contributed by atoms with Crippen molar-refractivity contribution in [2.75, 3.05) is 18.5 Å². The van der Waals surface area contributed by atoms with Crippen LogP contribution in [0.1, 0.15) is 37.0 Å². The van der Waals surface area contributed by atoms with E-state index in [1.807, 2.05) is 6.92 Å². The van der Waals surface area contributed by atoms with Gasteiger partial charge in [0.05, 0.1) is 24.0 Å². The molecule has 1 aromatic carbocycles. The quantitative estimate of drug-likeness (QED) is 0.272. The summed E-state index contributed by atoms with van der Waals surface area (Å²) >= 11 is 7.26. The number of likely N-dealkylation sites (tertiary alicyclic amines) is 1. The lowest BCUT2D eigenvalue weighted by Gasteiger charge is -2.28. The molecule has 0 radical (unpaired) electrons. The van der Waals surface area contributed by atoms with Gasteiger partial charge in [-0.3, -0.25) is 19.3 Å². The summed E-state index contributed by atoms with van der Waals surface area (Å²) in [4.78, 5) is 64.0. The molecular weight excluding hydrogens is 588 g/mol. The lowest BCUT2D eigenvalue weighted by Crippen LogP contribution is -2.45. The van der Waals surface area contributed by atoms with Crippen LogP contribution in [0, 0.1) is 23.7 Å². The van der Waals surface area contributed by atoms with Crippen LogP contribution in [0.3, 0.4) is 0 Å². The number of halogens is 2. The first-order valence-corrected chi connectivity index (χ1v) is 13.4. The van der Waals surface area contributed by atoms with Crippen molar-refractivity contribution in [1.82, 2.24) is 4.90 Å². The van der Waals surface area contributed by atoms with Crippen LogP contribution in [0.25, 0.3) is 0 Å². The number of rotatable bonds is 8. The third-order valence-corrected chi connectivity index (χ3v) is 10.1. The summed E-state index contributed by atoms with van der Waals surface area (Å²) in [5.74, 6) is -3.31. The third-order valence-electron chi connectivity index (χ3n) is 6.94.